The van der Waals surface area contributed by atoms with Crippen molar-refractivity contribution in [2.75, 3.05) is 17.2 Å². The number of anilines is 2. The van der Waals surface area contributed by atoms with E-state index >= 15 is 0 Å². The third-order valence-electron chi connectivity index (χ3n) is 2.73. The van der Waals surface area contributed by atoms with E-state index in [4.69, 9.17) is 5.26 Å². The third-order valence-corrected chi connectivity index (χ3v) is 3.23. The van der Waals surface area contributed by atoms with Crippen molar-refractivity contribution < 1.29 is 4.79 Å². The van der Waals surface area contributed by atoms with E-state index in [0.29, 0.717) is 22.6 Å². The molecule has 1 amide bonds. The van der Waals surface area contributed by atoms with Gasteiger partial charge in [0.15, 0.2) is 0 Å². The van der Waals surface area contributed by atoms with E-state index in [1.54, 1.807) is 30.3 Å². The van der Waals surface area contributed by atoms with E-state index in [1.807, 2.05) is 13.0 Å². The van der Waals surface area contributed by atoms with Crippen molar-refractivity contribution in [3.8, 4) is 6.07 Å². The highest BCUT2D eigenvalue weighted by Gasteiger charge is 2.10. The fourth-order valence-corrected chi connectivity index (χ4v) is 2.09. The normalized spacial score (nSPS) is 9.76. The summed E-state index contributed by atoms with van der Waals surface area (Å²) in [5, 5.41) is 14.8. The first-order chi connectivity index (χ1) is 10.1. The van der Waals surface area contributed by atoms with Crippen LogP contribution in [0.4, 0.5) is 11.5 Å². The van der Waals surface area contributed by atoms with Crippen LogP contribution in [0.25, 0.3) is 0 Å². The predicted octanol–water partition coefficient (Wildman–Crippen LogP) is 3.40. The van der Waals surface area contributed by atoms with Gasteiger partial charge in [-0.05, 0) is 37.3 Å². The zero-order chi connectivity index (χ0) is 15.2. The topological polar surface area (TPSA) is 77.8 Å². The van der Waals surface area contributed by atoms with Crippen molar-refractivity contribution in [1.29, 1.82) is 5.26 Å². The number of nitrogens with zero attached hydrogens (tertiary/aromatic N) is 2. The van der Waals surface area contributed by atoms with E-state index in [1.165, 1.54) is 6.20 Å². The molecule has 0 fully saturated rings. The van der Waals surface area contributed by atoms with E-state index in [-0.39, 0.29) is 5.91 Å². The maximum atomic E-state index is 12.2. The minimum absolute atomic E-state index is 0.305. The molecule has 1 aromatic carbocycles. The van der Waals surface area contributed by atoms with Gasteiger partial charge in [0.05, 0.1) is 16.8 Å². The lowest BCUT2D eigenvalue weighted by Crippen LogP contribution is -2.13. The number of pyridine rings is 1. The van der Waals surface area contributed by atoms with Crippen LogP contribution in [0.5, 0.6) is 0 Å². The number of benzene rings is 1. The van der Waals surface area contributed by atoms with Crippen molar-refractivity contribution in [1.82, 2.24) is 4.98 Å². The molecule has 0 saturated carbocycles. The number of amides is 1. The van der Waals surface area contributed by atoms with Crippen LogP contribution in [0.1, 0.15) is 22.8 Å². The minimum atomic E-state index is -0.305. The van der Waals surface area contributed by atoms with Crippen LogP contribution in [0.3, 0.4) is 0 Å². The lowest BCUT2D eigenvalue weighted by atomic mass is 10.2. The Morgan fingerprint density at radius 3 is 2.81 bits per heavy atom. The number of carbonyl (C=O) groups excluding carboxylic acids is 1. The molecule has 6 heteroatoms. The first-order valence-electron chi connectivity index (χ1n) is 6.35. The van der Waals surface area contributed by atoms with Crippen molar-refractivity contribution in [3.05, 3.63) is 52.1 Å². The lowest BCUT2D eigenvalue weighted by Gasteiger charge is -2.08. The van der Waals surface area contributed by atoms with Crippen LogP contribution in [-0.4, -0.2) is 17.4 Å². The van der Waals surface area contributed by atoms with Gasteiger partial charge in [0.1, 0.15) is 11.9 Å². The summed E-state index contributed by atoms with van der Waals surface area (Å²) in [6, 6.07) is 10.6. The molecule has 0 aliphatic rings. The van der Waals surface area contributed by atoms with Crippen LogP contribution in [0.2, 0.25) is 0 Å². The Kier molecular flexibility index (Phi) is 4.90. The van der Waals surface area contributed by atoms with Gasteiger partial charge in [-0.25, -0.2) is 4.98 Å². The van der Waals surface area contributed by atoms with Gasteiger partial charge in [0.25, 0.3) is 5.91 Å². The van der Waals surface area contributed by atoms with Crippen molar-refractivity contribution in [3.63, 3.8) is 0 Å². The highest BCUT2D eigenvalue weighted by Crippen LogP contribution is 2.21. The van der Waals surface area contributed by atoms with Gasteiger partial charge in [0, 0.05) is 17.2 Å². The van der Waals surface area contributed by atoms with Gasteiger partial charge in [-0.1, -0.05) is 15.9 Å². The summed E-state index contributed by atoms with van der Waals surface area (Å²) in [7, 11) is 0. The molecule has 0 atom stereocenters. The Morgan fingerprint density at radius 2 is 2.19 bits per heavy atom. The van der Waals surface area contributed by atoms with Crippen LogP contribution in [0.15, 0.2) is 41.0 Å². The number of halogens is 1. The zero-order valence-corrected chi connectivity index (χ0v) is 12.9. The number of rotatable bonds is 4. The summed E-state index contributed by atoms with van der Waals surface area (Å²) in [5.41, 5.74) is 1.30. The van der Waals surface area contributed by atoms with Crippen molar-refractivity contribution >= 4 is 33.3 Å². The molecule has 0 spiro atoms. The molecular formula is C15H13BrN4O. The molecule has 2 aromatic rings. The molecule has 21 heavy (non-hydrogen) atoms. The number of carbonyl (C=O) groups is 1. The zero-order valence-electron chi connectivity index (χ0n) is 11.4. The van der Waals surface area contributed by atoms with E-state index in [0.717, 1.165) is 11.0 Å². The second kappa shape index (κ2) is 6.86. The van der Waals surface area contributed by atoms with Gasteiger partial charge in [-0.15, -0.1) is 0 Å². The molecular weight excluding hydrogens is 332 g/mol. The van der Waals surface area contributed by atoms with Crippen LogP contribution >= 0.6 is 15.9 Å². The highest BCUT2D eigenvalue weighted by atomic mass is 79.9. The Labute approximate surface area is 131 Å². The summed E-state index contributed by atoms with van der Waals surface area (Å²) in [4.78, 5) is 16.3. The number of nitrogens with one attached hydrogen (secondary N) is 2. The molecule has 0 radical (unpaired) electrons. The Balaban J connectivity index is 2.18. The summed E-state index contributed by atoms with van der Waals surface area (Å²) in [5.74, 6) is 0.411. The average Bonchev–Trinajstić information content (AvgIpc) is 2.48. The van der Waals surface area contributed by atoms with Crippen molar-refractivity contribution in [2.45, 2.75) is 6.92 Å². The van der Waals surface area contributed by atoms with Gasteiger partial charge in [0.2, 0.25) is 0 Å². The number of aromatic nitrogens is 1. The minimum Gasteiger partial charge on any atom is -0.370 e. The summed E-state index contributed by atoms with van der Waals surface area (Å²) < 4.78 is 0.789. The number of nitriles is 1. The number of hydrogen-bond donors (Lipinski definition) is 2. The second-order valence-electron chi connectivity index (χ2n) is 4.22. The van der Waals surface area contributed by atoms with Crippen molar-refractivity contribution in [2.24, 2.45) is 0 Å². The quantitative estimate of drug-likeness (QED) is 0.890. The Hall–Kier alpha value is -2.39. The molecule has 0 aliphatic heterocycles. The molecule has 0 bridgehead atoms. The smallest absolute Gasteiger partial charge is 0.257 e. The Bertz CT molecular complexity index is 692. The summed E-state index contributed by atoms with van der Waals surface area (Å²) in [6.07, 6.45) is 1.50. The molecule has 1 aromatic heterocycles. The molecule has 0 saturated heterocycles. The van der Waals surface area contributed by atoms with Gasteiger partial charge >= 0.3 is 0 Å². The maximum absolute atomic E-state index is 12.2. The van der Waals surface area contributed by atoms with Crippen LogP contribution < -0.4 is 10.6 Å². The fraction of sp³-hybridized carbons (Fsp3) is 0.133. The van der Waals surface area contributed by atoms with Gasteiger partial charge in [-0.2, -0.15) is 5.26 Å². The fourth-order valence-electron chi connectivity index (χ4n) is 1.73. The standard InChI is InChI=1S/C15H13BrN4O/c1-2-18-14-6-4-11(9-19-14)15(21)20-13-7-12(16)5-3-10(13)8-17/h3-7,9H,2H2,1H3,(H,18,19)(H,20,21). The predicted molar refractivity (Wildman–Crippen MR) is 85.2 cm³/mol. The largest absolute Gasteiger partial charge is 0.370 e. The van der Waals surface area contributed by atoms with Crippen LogP contribution in [0, 0.1) is 11.3 Å². The first kappa shape index (κ1) is 15.0. The van der Waals surface area contributed by atoms with E-state index in [2.05, 4.69) is 31.5 Å². The first-order valence-corrected chi connectivity index (χ1v) is 7.14. The monoisotopic (exact) mass is 344 g/mol. The number of hydrogen-bond acceptors (Lipinski definition) is 4. The second-order valence-corrected chi connectivity index (χ2v) is 5.13. The highest BCUT2D eigenvalue weighted by molar-refractivity contribution is 9.10. The SMILES string of the molecule is CCNc1ccc(C(=O)Nc2cc(Br)ccc2C#N)cn1. The summed E-state index contributed by atoms with van der Waals surface area (Å²) in [6.45, 7) is 2.74. The van der Waals surface area contributed by atoms with Crippen LogP contribution in [-0.2, 0) is 0 Å². The maximum Gasteiger partial charge on any atom is 0.257 e. The average molecular weight is 345 g/mol. The molecule has 5 nitrogen and oxygen atoms in total. The Morgan fingerprint density at radius 1 is 1.38 bits per heavy atom. The molecule has 106 valence electrons. The van der Waals surface area contributed by atoms with E-state index < -0.39 is 0 Å². The third kappa shape index (κ3) is 3.80. The lowest BCUT2D eigenvalue weighted by molar-refractivity contribution is 0.102. The van der Waals surface area contributed by atoms with E-state index in [9.17, 15) is 4.79 Å². The summed E-state index contributed by atoms with van der Waals surface area (Å²) >= 11 is 3.32. The molecule has 2 N–H and O–H groups in total. The molecule has 0 aliphatic carbocycles. The van der Waals surface area contributed by atoms with Gasteiger partial charge < -0.3 is 10.6 Å². The van der Waals surface area contributed by atoms with Gasteiger partial charge in [-0.3, -0.25) is 4.79 Å². The molecule has 0 unspecified atom stereocenters. The molecule has 2 rings (SSSR count). The molecule has 1 heterocycles.